The SMILES string of the molecule is O=CO[C@@H](CCC(=O)NCCCC(=O)CC[C@H](NC(=S)N[C@@H](CCC(=O)O)OC=O)C(=O)O)CC(=O)C(Cc1ccccc1)NC(=O)C(CC(=O)c1ccc([18F])cc1)Cc1ccccc1. The first-order valence-electron chi connectivity index (χ1n) is 20.8. The van der Waals surface area contributed by atoms with Crippen LogP contribution in [0.3, 0.4) is 0 Å². The Hall–Kier alpha value is -6.89. The van der Waals surface area contributed by atoms with Gasteiger partial charge in [0.2, 0.25) is 11.8 Å². The molecular formula is C46H53FN4O13S. The fourth-order valence-corrected chi connectivity index (χ4v) is 6.88. The topological polar surface area (TPSA) is 261 Å². The van der Waals surface area contributed by atoms with Gasteiger partial charge in [0.05, 0.1) is 12.5 Å². The second-order valence-electron chi connectivity index (χ2n) is 15.0. The maximum absolute atomic E-state index is 14.0. The lowest BCUT2D eigenvalue weighted by molar-refractivity contribution is -0.141. The molecule has 348 valence electrons. The Morgan fingerprint density at radius 1 is 0.677 bits per heavy atom. The molecule has 0 aliphatic heterocycles. The Morgan fingerprint density at radius 2 is 1.31 bits per heavy atom. The van der Waals surface area contributed by atoms with Crippen LogP contribution in [0.2, 0.25) is 0 Å². The smallest absolute Gasteiger partial charge is 0.326 e. The number of ether oxygens (including phenoxy) is 2. The molecule has 2 unspecified atom stereocenters. The number of benzene rings is 3. The fraction of sp³-hybridized carbons (Fsp3) is 0.391. The second-order valence-corrected chi connectivity index (χ2v) is 15.4. The molecule has 0 saturated carbocycles. The molecule has 65 heavy (non-hydrogen) atoms. The van der Waals surface area contributed by atoms with Gasteiger partial charge in [0.15, 0.2) is 22.9 Å². The maximum atomic E-state index is 14.0. The van der Waals surface area contributed by atoms with Gasteiger partial charge >= 0.3 is 11.9 Å². The van der Waals surface area contributed by atoms with Crippen LogP contribution < -0.4 is 21.3 Å². The van der Waals surface area contributed by atoms with E-state index < -0.39 is 65.7 Å². The standard InChI is InChI=1S/C46H53FN4O13S/c47-34-15-13-32(14-16-34)39(55)26-33(24-30-8-3-1-4-9-30)44(60)49-38(25-31-10-5-2-6-11-31)40(56)27-36(63-28-52)18-20-41(57)48-23-7-12-35(54)17-19-37(45(61)62)50-46(65)51-42(64-29-53)21-22-43(58)59/h1-6,8-11,13-16,28-29,33,36-38,42H,7,12,17-27H2,(H,48,57)(H,49,60)(H,58,59)(H,61,62)(H2,50,51,65)/t33?,36-,37-,38?,42+/m0/s1/i47-1. The van der Waals surface area contributed by atoms with Crippen molar-refractivity contribution in [1.82, 2.24) is 21.3 Å². The highest BCUT2D eigenvalue weighted by Gasteiger charge is 2.30. The van der Waals surface area contributed by atoms with Crippen molar-refractivity contribution in [3.63, 3.8) is 0 Å². The van der Waals surface area contributed by atoms with E-state index in [-0.39, 0.29) is 119 Å². The summed E-state index contributed by atoms with van der Waals surface area (Å²) in [6.07, 6.45) is -3.26. The van der Waals surface area contributed by atoms with Gasteiger partial charge < -0.3 is 41.0 Å². The van der Waals surface area contributed by atoms with E-state index in [2.05, 4.69) is 21.3 Å². The Morgan fingerprint density at radius 3 is 1.91 bits per heavy atom. The number of carbonyl (C=O) groups excluding carboxylic acids is 7. The van der Waals surface area contributed by atoms with Crippen molar-refractivity contribution in [2.75, 3.05) is 6.54 Å². The molecule has 0 fully saturated rings. The number of rotatable bonds is 32. The molecule has 0 aliphatic rings. The van der Waals surface area contributed by atoms with Crippen LogP contribution in [0.4, 0.5) is 4.39 Å². The number of nitrogens with one attached hydrogen (secondary N) is 4. The number of hydrogen-bond donors (Lipinski definition) is 6. The number of amides is 2. The molecule has 3 rings (SSSR count). The van der Waals surface area contributed by atoms with Crippen molar-refractivity contribution in [1.29, 1.82) is 0 Å². The van der Waals surface area contributed by atoms with Crippen LogP contribution in [0.5, 0.6) is 0 Å². The molecule has 5 atom stereocenters. The Labute approximate surface area is 380 Å². The summed E-state index contributed by atoms with van der Waals surface area (Å²) in [6, 6.07) is 20.5. The van der Waals surface area contributed by atoms with Crippen LogP contribution in [0, 0.1) is 11.7 Å². The molecule has 2 amide bonds. The molecule has 3 aromatic carbocycles. The number of halogens is 1. The lowest BCUT2D eigenvalue weighted by Crippen LogP contribution is -2.49. The summed E-state index contributed by atoms with van der Waals surface area (Å²) in [5.41, 5.74) is 1.73. The molecular weight excluding hydrogens is 867 g/mol. The minimum atomic E-state index is -1.32. The van der Waals surface area contributed by atoms with Crippen LogP contribution in [-0.2, 0) is 60.7 Å². The van der Waals surface area contributed by atoms with Crippen LogP contribution in [0.1, 0.15) is 85.7 Å². The molecule has 0 spiro atoms. The van der Waals surface area contributed by atoms with Crippen molar-refractivity contribution in [3.8, 4) is 0 Å². The largest absolute Gasteiger partial charge is 0.481 e. The summed E-state index contributed by atoms with van der Waals surface area (Å²) in [4.78, 5) is 111. The molecule has 3 aromatic rings. The zero-order valence-corrected chi connectivity index (χ0v) is 36.3. The van der Waals surface area contributed by atoms with Gasteiger partial charge in [-0.05, 0) is 79.7 Å². The quantitative estimate of drug-likeness (QED) is 0.0171. The number of ketones is 3. The number of carboxylic acids is 2. The third-order valence-electron chi connectivity index (χ3n) is 10.1. The van der Waals surface area contributed by atoms with E-state index in [1.807, 2.05) is 18.2 Å². The minimum Gasteiger partial charge on any atom is -0.481 e. The van der Waals surface area contributed by atoms with Crippen LogP contribution in [-0.4, -0.2) is 100 Å². The third-order valence-corrected chi connectivity index (χ3v) is 10.3. The average molecular weight is 920 g/mol. The average Bonchev–Trinajstić information content (AvgIpc) is 3.28. The molecule has 0 saturated heterocycles. The number of Topliss-reactive ketones (excluding diaryl/α,β-unsaturated/α-hetero) is 3. The van der Waals surface area contributed by atoms with E-state index in [9.17, 15) is 52.6 Å². The van der Waals surface area contributed by atoms with Crippen molar-refractivity contribution >= 4 is 71.4 Å². The lowest BCUT2D eigenvalue weighted by Gasteiger charge is -2.24. The van der Waals surface area contributed by atoms with Crippen LogP contribution in [0.15, 0.2) is 84.9 Å². The molecule has 0 heterocycles. The first kappa shape index (κ1) is 52.5. The van der Waals surface area contributed by atoms with E-state index in [1.165, 1.54) is 12.1 Å². The molecule has 19 heteroatoms. The molecule has 0 aliphatic carbocycles. The van der Waals surface area contributed by atoms with Crippen LogP contribution >= 0.6 is 12.2 Å². The van der Waals surface area contributed by atoms with E-state index >= 15 is 0 Å². The van der Waals surface area contributed by atoms with Crippen molar-refractivity contribution in [3.05, 3.63) is 107 Å². The summed E-state index contributed by atoms with van der Waals surface area (Å²) >= 11 is 5.06. The summed E-state index contributed by atoms with van der Waals surface area (Å²) < 4.78 is 23.5. The summed E-state index contributed by atoms with van der Waals surface area (Å²) in [5, 5.41) is 28.7. The summed E-state index contributed by atoms with van der Waals surface area (Å²) in [6.45, 7) is 0.342. The van der Waals surface area contributed by atoms with E-state index in [1.54, 1.807) is 42.5 Å². The van der Waals surface area contributed by atoms with Gasteiger partial charge in [0.25, 0.3) is 12.9 Å². The zero-order valence-electron chi connectivity index (χ0n) is 35.5. The van der Waals surface area contributed by atoms with Gasteiger partial charge in [-0.15, -0.1) is 0 Å². The predicted octanol–water partition coefficient (Wildman–Crippen LogP) is 3.79. The highest BCUT2D eigenvalue weighted by molar-refractivity contribution is 7.80. The number of thiocarbonyl (C=S) groups is 1. The fourth-order valence-electron chi connectivity index (χ4n) is 6.61. The Kier molecular flexibility index (Phi) is 23.2. The van der Waals surface area contributed by atoms with E-state index in [0.29, 0.717) is 0 Å². The molecule has 0 aromatic heterocycles. The lowest BCUT2D eigenvalue weighted by atomic mass is 9.90. The van der Waals surface area contributed by atoms with Crippen molar-refractivity contribution in [2.45, 2.75) is 101 Å². The van der Waals surface area contributed by atoms with E-state index in [4.69, 9.17) is 26.8 Å². The Bertz CT molecular complexity index is 2080. The predicted molar refractivity (Wildman–Crippen MR) is 235 cm³/mol. The first-order chi connectivity index (χ1) is 31.2. The molecule has 17 nitrogen and oxygen atoms in total. The summed E-state index contributed by atoms with van der Waals surface area (Å²) in [5.74, 6) is -6.07. The van der Waals surface area contributed by atoms with Crippen LogP contribution in [0.25, 0.3) is 0 Å². The van der Waals surface area contributed by atoms with Crippen molar-refractivity contribution < 1.29 is 67.2 Å². The van der Waals surface area contributed by atoms with Gasteiger partial charge in [-0.25, -0.2) is 9.18 Å². The third kappa shape index (κ3) is 20.9. The number of carboxylic acid groups (broad SMARTS) is 2. The normalized spacial score (nSPS) is 13.0. The van der Waals surface area contributed by atoms with Gasteiger partial charge in [-0.3, -0.25) is 38.4 Å². The molecule has 6 N–H and O–H groups in total. The van der Waals surface area contributed by atoms with Crippen molar-refractivity contribution in [2.24, 2.45) is 5.92 Å². The highest BCUT2D eigenvalue weighted by atomic mass is 32.1. The van der Waals surface area contributed by atoms with Gasteiger partial charge in [0, 0.05) is 56.6 Å². The van der Waals surface area contributed by atoms with E-state index in [0.717, 1.165) is 23.3 Å². The number of aliphatic carboxylic acids is 2. The monoisotopic (exact) mass is 919 g/mol. The maximum Gasteiger partial charge on any atom is 0.326 e. The minimum absolute atomic E-state index is 0.00621. The molecule has 0 bridgehead atoms. The highest BCUT2D eigenvalue weighted by Crippen LogP contribution is 2.19. The first-order valence-corrected chi connectivity index (χ1v) is 21.3. The number of hydrogen-bond acceptors (Lipinski definition) is 12. The molecule has 0 radical (unpaired) electrons. The van der Waals surface area contributed by atoms with Gasteiger partial charge in [-0.2, -0.15) is 0 Å². The second kappa shape index (κ2) is 28.7. The zero-order chi connectivity index (χ0) is 47.6. The van der Waals surface area contributed by atoms with Gasteiger partial charge in [0.1, 0.15) is 23.7 Å². The Balaban J connectivity index is 1.54. The number of carbonyl (C=O) groups is 9. The van der Waals surface area contributed by atoms with Gasteiger partial charge in [-0.1, -0.05) is 60.7 Å². The summed E-state index contributed by atoms with van der Waals surface area (Å²) in [7, 11) is 0.